The Labute approximate surface area is 84.8 Å². The van der Waals surface area contributed by atoms with E-state index in [1.807, 2.05) is 0 Å². The molecule has 0 aliphatic carbocycles. The van der Waals surface area contributed by atoms with Crippen molar-refractivity contribution in [2.24, 2.45) is 17.4 Å². The lowest BCUT2D eigenvalue weighted by Gasteiger charge is -2.17. The number of carbonyl (C=O) groups is 1. The average Bonchev–Trinajstić information content (AvgIpc) is 2.01. The number of amides is 1. The highest BCUT2D eigenvalue weighted by atomic mass is 32.2. The zero-order chi connectivity index (χ0) is 11.5. The first-order chi connectivity index (χ1) is 6.18. The molecule has 1 amide bonds. The van der Waals surface area contributed by atoms with Gasteiger partial charge in [-0.2, -0.15) is 0 Å². The summed E-state index contributed by atoms with van der Waals surface area (Å²) < 4.78 is 23.2. The minimum Gasteiger partial charge on any atom is -0.368 e. The van der Waals surface area contributed by atoms with Crippen molar-refractivity contribution in [3.8, 4) is 0 Å². The average molecular weight is 222 g/mol. The molecule has 0 saturated carbocycles. The Morgan fingerprint density at radius 2 is 1.71 bits per heavy atom. The van der Waals surface area contributed by atoms with Crippen LogP contribution < -0.4 is 11.5 Å². The van der Waals surface area contributed by atoms with E-state index >= 15 is 0 Å². The van der Waals surface area contributed by atoms with Crippen molar-refractivity contribution >= 4 is 15.7 Å². The summed E-state index contributed by atoms with van der Waals surface area (Å²) in [6.45, 7) is 5.21. The van der Waals surface area contributed by atoms with Gasteiger partial charge in [0.2, 0.25) is 5.91 Å². The Balaban J connectivity index is 4.58. The zero-order valence-electron chi connectivity index (χ0n) is 8.73. The number of rotatable bonds is 5. The first-order valence-electron chi connectivity index (χ1n) is 4.45. The van der Waals surface area contributed by atoms with E-state index in [2.05, 4.69) is 0 Å². The van der Waals surface area contributed by atoms with Crippen molar-refractivity contribution in [2.75, 3.05) is 5.75 Å². The molecule has 0 saturated heterocycles. The SMILES string of the molecule is CC(C)C(C)S(=O)(=O)CC(N)C(N)=O. The van der Waals surface area contributed by atoms with Crippen molar-refractivity contribution in [3.05, 3.63) is 0 Å². The molecule has 84 valence electrons. The van der Waals surface area contributed by atoms with E-state index in [-0.39, 0.29) is 11.7 Å². The van der Waals surface area contributed by atoms with Gasteiger partial charge in [0.15, 0.2) is 9.84 Å². The van der Waals surface area contributed by atoms with Crippen LogP contribution in [-0.2, 0) is 14.6 Å². The second-order valence-corrected chi connectivity index (χ2v) is 6.19. The maximum atomic E-state index is 11.6. The number of hydrogen-bond acceptors (Lipinski definition) is 4. The largest absolute Gasteiger partial charge is 0.368 e. The summed E-state index contributed by atoms with van der Waals surface area (Å²) in [7, 11) is -3.33. The van der Waals surface area contributed by atoms with Crippen LogP contribution in [0.1, 0.15) is 20.8 Å². The van der Waals surface area contributed by atoms with Gasteiger partial charge in [0.1, 0.15) is 0 Å². The van der Waals surface area contributed by atoms with E-state index in [0.717, 1.165) is 0 Å². The molecule has 0 aliphatic heterocycles. The maximum Gasteiger partial charge on any atom is 0.235 e. The molecule has 0 rings (SSSR count). The van der Waals surface area contributed by atoms with Gasteiger partial charge in [0.25, 0.3) is 0 Å². The molecule has 4 N–H and O–H groups in total. The summed E-state index contributed by atoms with van der Waals surface area (Å²) in [5.41, 5.74) is 10.2. The Morgan fingerprint density at radius 1 is 1.29 bits per heavy atom. The van der Waals surface area contributed by atoms with E-state index < -0.39 is 27.0 Å². The van der Waals surface area contributed by atoms with Crippen molar-refractivity contribution in [1.29, 1.82) is 0 Å². The first-order valence-corrected chi connectivity index (χ1v) is 6.16. The second-order valence-electron chi connectivity index (χ2n) is 3.79. The predicted molar refractivity (Wildman–Crippen MR) is 55.3 cm³/mol. The van der Waals surface area contributed by atoms with Gasteiger partial charge >= 0.3 is 0 Å². The number of sulfone groups is 1. The molecule has 0 bridgehead atoms. The highest BCUT2D eigenvalue weighted by Crippen LogP contribution is 2.12. The van der Waals surface area contributed by atoms with Gasteiger partial charge in [-0.15, -0.1) is 0 Å². The van der Waals surface area contributed by atoms with Crippen LogP contribution in [0.2, 0.25) is 0 Å². The predicted octanol–water partition coefficient (Wildman–Crippen LogP) is -0.742. The van der Waals surface area contributed by atoms with Crippen LogP contribution in [-0.4, -0.2) is 31.4 Å². The summed E-state index contributed by atoms with van der Waals surface area (Å²) in [6, 6.07) is -1.11. The van der Waals surface area contributed by atoms with Crippen molar-refractivity contribution in [2.45, 2.75) is 32.1 Å². The van der Waals surface area contributed by atoms with E-state index in [9.17, 15) is 13.2 Å². The molecule has 0 heterocycles. The van der Waals surface area contributed by atoms with Crippen LogP contribution in [0.25, 0.3) is 0 Å². The maximum absolute atomic E-state index is 11.6. The van der Waals surface area contributed by atoms with Gasteiger partial charge in [0.05, 0.1) is 17.0 Å². The Bertz CT molecular complexity index is 298. The molecule has 5 nitrogen and oxygen atoms in total. The van der Waals surface area contributed by atoms with Crippen LogP contribution in [0.5, 0.6) is 0 Å². The van der Waals surface area contributed by atoms with Gasteiger partial charge in [-0.3, -0.25) is 4.79 Å². The van der Waals surface area contributed by atoms with Gasteiger partial charge < -0.3 is 11.5 Å². The number of primary amides is 1. The molecular weight excluding hydrogens is 204 g/mol. The molecule has 2 unspecified atom stereocenters. The lowest BCUT2D eigenvalue weighted by Crippen LogP contribution is -2.44. The normalized spacial score (nSPS) is 16.6. The minimum absolute atomic E-state index is 0.0000709. The van der Waals surface area contributed by atoms with E-state index in [1.54, 1.807) is 20.8 Å². The zero-order valence-corrected chi connectivity index (χ0v) is 9.54. The quantitative estimate of drug-likeness (QED) is 0.639. The Hall–Kier alpha value is -0.620. The fraction of sp³-hybridized carbons (Fsp3) is 0.875. The minimum atomic E-state index is -3.33. The topological polar surface area (TPSA) is 103 Å². The second kappa shape index (κ2) is 4.75. The molecule has 6 heteroatoms. The molecule has 0 aliphatic rings. The van der Waals surface area contributed by atoms with Gasteiger partial charge in [-0.1, -0.05) is 13.8 Å². The summed E-state index contributed by atoms with van der Waals surface area (Å²) in [4.78, 5) is 10.6. The summed E-state index contributed by atoms with van der Waals surface area (Å²) in [6.07, 6.45) is 0. The van der Waals surface area contributed by atoms with Crippen LogP contribution in [0.3, 0.4) is 0 Å². The molecule has 0 aromatic carbocycles. The molecule has 14 heavy (non-hydrogen) atoms. The monoisotopic (exact) mass is 222 g/mol. The lowest BCUT2D eigenvalue weighted by molar-refractivity contribution is -0.118. The molecular formula is C8H18N2O3S. The molecule has 0 radical (unpaired) electrons. The van der Waals surface area contributed by atoms with Crippen LogP contribution >= 0.6 is 0 Å². The Morgan fingerprint density at radius 3 is 2.00 bits per heavy atom. The number of nitrogens with two attached hydrogens (primary N) is 2. The van der Waals surface area contributed by atoms with Crippen molar-refractivity contribution in [3.63, 3.8) is 0 Å². The molecule has 0 aromatic heterocycles. The van der Waals surface area contributed by atoms with Crippen LogP contribution in [0.15, 0.2) is 0 Å². The summed E-state index contributed by atoms with van der Waals surface area (Å²) >= 11 is 0. The molecule has 2 atom stereocenters. The first kappa shape index (κ1) is 13.4. The van der Waals surface area contributed by atoms with Gasteiger partial charge in [0, 0.05) is 0 Å². The van der Waals surface area contributed by atoms with E-state index in [1.165, 1.54) is 0 Å². The van der Waals surface area contributed by atoms with Crippen LogP contribution in [0, 0.1) is 5.92 Å². The Kier molecular flexibility index (Phi) is 4.54. The van der Waals surface area contributed by atoms with Gasteiger partial charge in [-0.25, -0.2) is 8.42 Å². The smallest absolute Gasteiger partial charge is 0.235 e. The fourth-order valence-electron chi connectivity index (χ4n) is 0.899. The molecule has 0 aromatic rings. The molecule has 0 fully saturated rings. The number of carbonyl (C=O) groups excluding carboxylic acids is 1. The fourth-order valence-corrected chi connectivity index (χ4v) is 2.70. The lowest BCUT2D eigenvalue weighted by atomic mass is 10.2. The van der Waals surface area contributed by atoms with E-state index in [4.69, 9.17) is 11.5 Å². The standard InChI is InChI=1S/C8H18N2O3S/c1-5(2)6(3)14(12,13)4-7(9)8(10)11/h5-7H,4,9H2,1-3H3,(H2,10,11). The van der Waals surface area contributed by atoms with Gasteiger partial charge in [-0.05, 0) is 12.8 Å². The third kappa shape index (κ3) is 3.63. The third-order valence-corrected chi connectivity index (χ3v) is 4.78. The number of hydrogen-bond donors (Lipinski definition) is 2. The highest BCUT2D eigenvalue weighted by molar-refractivity contribution is 7.92. The van der Waals surface area contributed by atoms with Crippen molar-refractivity contribution in [1.82, 2.24) is 0 Å². The third-order valence-electron chi connectivity index (χ3n) is 2.28. The highest BCUT2D eigenvalue weighted by Gasteiger charge is 2.27. The van der Waals surface area contributed by atoms with E-state index in [0.29, 0.717) is 0 Å². The molecule has 0 spiro atoms. The summed E-state index contributed by atoms with van der Waals surface area (Å²) in [5.74, 6) is -1.16. The summed E-state index contributed by atoms with van der Waals surface area (Å²) in [5, 5.41) is -0.507. The van der Waals surface area contributed by atoms with Crippen molar-refractivity contribution < 1.29 is 13.2 Å². The van der Waals surface area contributed by atoms with Crippen LogP contribution in [0.4, 0.5) is 0 Å².